The van der Waals surface area contributed by atoms with E-state index in [1.807, 2.05) is 0 Å². The van der Waals surface area contributed by atoms with Crippen LogP contribution < -0.4 is 10.6 Å². The first-order chi connectivity index (χ1) is 16.0. The van der Waals surface area contributed by atoms with E-state index in [-0.39, 0.29) is 16.3 Å². The monoisotopic (exact) mass is 494 g/mol. The quantitative estimate of drug-likeness (QED) is 0.680. The maximum absolute atomic E-state index is 13.1. The first kappa shape index (κ1) is 23.7. The summed E-state index contributed by atoms with van der Waals surface area (Å²) < 4.78 is 67.9. The lowest BCUT2D eigenvalue weighted by Gasteiger charge is -2.32. The Hall–Kier alpha value is -3.41. The van der Waals surface area contributed by atoms with Gasteiger partial charge in [0.1, 0.15) is 4.90 Å². The van der Waals surface area contributed by atoms with Crippen LogP contribution in [0.15, 0.2) is 51.8 Å². The number of likely N-dealkylation sites (tertiary alicyclic amines) is 1. The Bertz CT molecular complexity index is 1280. The molecular formula is C22H21F3N4O4S. The van der Waals surface area contributed by atoms with E-state index in [1.54, 1.807) is 23.1 Å². The maximum Gasteiger partial charge on any atom is 0.416 e. The molecule has 0 radical (unpaired) electrons. The van der Waals surface area contributed by atoms with Crippen LogP contribution in [0.5, 0.6) is 0 Å². The van der Waals surface area contributed by atoms with Crippen molar-refractivity contribution in [2.45, 2.75) is 30.8 Å². The zero-order valence-electron chi connectivity index (χ0n) is 18.0. The van der Waals surface area contributed by atoms with Gasteiger partial charge in [-0.15, -0.1) is 4.40 Å². The summed E-state index contributed by atoms with van der Waals surface area (Å²) in [6.07, 6.45) is -3.92. The second kappa shape index (κ2) is 8.75. The van der Waals surface area contributed by atoms with Crippen molar-refractivity contribution < 1.29 is 31.2 Å². The lowest BCUT2D eigenvalue weighted by Crippen LogP contribution is -2.41. The number of sulfonamides is 1. The molecule has 180 valence electrons. The number of piperidine rings is 1. The van der Waals surface area contributed by atoms with Gasteiger partial charge in [-0.05, 0) is 43.2 Å². The summed E-state index contributed by atoms with van der Waals surface area (Å²) in [5.74, 6) is -1.15. The van der Waals surface area contributed by atoms with E-state index in [0.717, 1.165) is 18.2 Å². The number of nitrogens with zero attached hydrogens (tertiary/aromatic N) is 2. The number of carbonyl (C=O) groups excluding carboxylic acids is 2. The molecule has 2 heterocycles. The lowest BCUT2D eigenvalue weighted by atomic mass is 9.95. The van der Waals surface area contributed by atoms with Crippen molar-refractivity contribution in [3.05, 3.63) is 53.6 Å². The number of benzene rings is 2. The number of amides is 2. The molecule has 2 aliphatic heterocycles. The second-order valence-corrected chi connectivity index (χ2v) is 9.65. The van der Waals surface area contributed by atoms with Crippen LogP contribution >= 0.6 is 0 Å². The number of amidine groups is 1. The Labute approximate surface area is 193 Å². The SMILES string of the molecule is CC(=O)Nc1ccc(C(F)(F)F)cc1NC(=O)C1CCN(C2=NS(=O)(=O)c3ccccc32)CC1. The Kier molecular flexibility index (Phi) is 6.11. The predicted molar refractivity (Wildman–Crippen MR) is 119 cm³/mol. The van der Waals surface area contributed by atoms with Gasteiger partial charge in [-0.1, -0.05) is 12.1 Å². The van der Waals surface area contributed by atoms with Crippen LogP contribution in [-0.4, -0.2) is 44.1 Å². The number of carbonyl (C=O) groups is 2. The zero-order valence-corrected chi connectivity index (χ0v) is 18.8. The summed E-state index contributed by atoms with van der Waals surface area (Å²) in [7, 11) is -3.76. The Morgan fingerprint density at radius 1 is 1.03 bits per heavy atom. The van der Waals surface area contributed by atoms with Crippen LogP contribution in [0, 0.1) is 5.92 Å². The minimum atomic E-state index is -4.61. The molecule has 0 unspecified atom stereocenters. The lowest BCUT2D eigenvalue weighted by molar-refractivity contribution is -0.137. The first-order valence-corrected chi connectivity index (χ1v) is 11.9. The van der Waals surface area contributed by atoms with Crippen LogP contribution in [0.25, 0.3) is 0 Å². The van der Waals surface area contributed by atoms with Gasteiger partial charge in [-0.2, -0.15) is 21.6 Å². The molecule has 2 aromatic rings. The fourth-order valence-electron chi connectivity index (χ4n) is 4.03. The zero-order chi connectivity index (χ0) is 24.7. The number of hydrogen-bond donors (Lipinski definition) is 2. The molecule has 8 nitrogen and oxygen atoms in total. The van der Waals surface area contributed by atoms with Crippen LogP contribution in [0.1, 0.15) is 30.9 Å². The summed E-state index contributed by atoms with van der Waals surface area (Å²) in [5, 5.41) is 4.93. The first-order valence-electron chi connectivity index (χ1n) is 10.4. The molecule has 0 aliphatic carbocycles. The molecule has 2 aliphatic rings. The van der Waals surface area contributed by atoms with Crippen LogP contribution in [0.2, 0.25) is 0 Å². The Balaban J connectivity index is 1.47. The minimum absolute atomic E-state index is 0.0633. The van der Waals surface area contributed by atoms with Gasteiger partial charge in [0.2, 0.25) is 11.8 Å². The molecule has 1 fully saturated rings. The van der Waals surface area contributed by atoms with Gasteiger partial charge in [0.15, 0.2) is 5.84 Å². The van der Waals surface area contributed by atoms with Gasteiger partial charge >= 0.3 is 6.18 Å². The fourth-order valence-corrected chi connectivity index (χ4v) is 5.26. The van der Waals surface area contributed by atoms with E-state index in [0.29, 0.717) is 37.3 Å². The average Bonchev–Trinajstić information content (AvgIpc) is 3.05. The molecule has 2 amide bonds. The van der Waals surface area contributed by atoms with Gasteiger partial charge in [0, 0.05) is 31.5 Å². The second-order valence-electron chi connectivity index (χ2n) is 8.08. The van der Waals surface area contributed by atoms with Crippen molar-refractivity contribution in [3.8, 4) is 0 Å². The van der Waals surface area contributed by atoms with Crippen molar-refractivity contribution in [1.29, 1.82) is 0 Å². The van der Waals surface area contributed by atoms with E-state index < -0.39 is 39.5 Å². The van der Waals surface area contributed by atoms with Gasteiger partial charge in [0.25, 0.3) is 10.0 Å². The average molecular weight is 494 g/mol. The molecule has 2 aromatic carbocycles. The number of nitrogens with one attached hydrogen (secondary N) is 2. The van der Waals surface area contributed by atoms with Crippen molar-refractivity contribution in [2.75, 3.05) is 23.7 Å². The van der Waals surface area contributed by atoms with Gasteiger partial charge in [0.05, 0.1) is 16.9 Å². The van der Waals surface area contributed by atoms with E-state index in [1.165, 1.54) is 13.0 Å². The van der Waals surface area contributed by atoms with Crippen LogP contribution in [0.3, 0.4) is 0 Å². The van der Waals surface area contributed by atoms with Crippen molar-refractivity contribution in [3.63, 3.8) is 0 Å². The number of halogens is 3. The standard InChI is InChI=1S/C22H21F3N4O4S/c1-13(30)26-17-7-6-15(22(23,24)25)12-18(17)27-21(31)14-8-10-29(11-9-14)20-16-4-2-3-5-19(16)34(32,33)28-20/h2-7,12,14H,8-11H2,1H3,(H,26,30)(H,27,31). The number of rotatable bonds is 3. The highest BCUT2D eigenvalue weighted by atomic mass is 32.2. The van der Waals surface area contributed by atoms with E-state index >= 15 is 0 Å². The Morgan fingerprint density at radius 3 is 2.35 bits per heavy atom. The van der Waals surface area contributed by atoms with E-state index in [2.05, 4.69) is 15.0 Å². The molecule has 0 saturated carbocycles. The molecule has 0 spiro atoms. The van der Waals surface area contributed by atoms with Gasteiger partial charge < -0.3 is 15.5 Å². The molecule has 12 heteroatoms. The third-order valence-electron chi connectivity index (χ3n) is 5.69. The normalized spacial score (nSPS) is 17.6. The molecule has 0 aromatic heterocycles. The largest absolute Gasteiger partial charge is 0.416 e. The number of alkyl halides is 3. The topological polar surface area (TPSA) is 108 Å². The summed E-state index contributed by atoms with van der Waals surface area (Å²) >= 11 is 0. The molecule has 0 atom stereocenters. The van der Waals surface area contributed by atoms with E-state index in [4.69, 9.17) is 0 Å². The smallest absolute Gasteiger partial charge is 0.355 e. The van der Waals surface area contributed by atoms with Gasteiger partial charge in [-0.25, -0.2) is 0 Å². The third kappa shape index (κ3) is 4.76. The number of anilines is 2. The van der Waals surface area contributed by atoms with Gasteiger partial charge in [-0.3, -0.25) is 9.59 Å². The molecule has 4 rings (SSSR count). The Morgan fingerprint density at radius 2 is 1.71 bits per heavy atom. The molecule has 0 bridgehead atoms. The minimum Gasteiger partial charge on any atom is -0.355 e. The van der Waals surface area contributed by atoms with E-state index in [9.17, 15) is 31.2 Å². The summed E-state index contributed by atoms with van der Waals surface area (Å²) in [6, 6.07) is 9.21. The van der Waals surface area contributed by atoms with Crippen molar-refractivity contribution >= 4 is 39.0 Å². The molecular weight excluding hydrogens is 473 g/mol. The van der Waals surface area contributed by atoms with Crippen molar-refractivity contribution in [2.24, 2.45) is 10.3 Å². The summed E-state index contributed by atoms with van der Waals surface area (Å²) in [4.78, 5) is 26.2. The predicted octanol–water partition coefficient (Wildman–Crippen LogP) is 3.46. The van der Waals surface area contributed by atoms with Crippen molar-refractivity contribution in [1.82, 2.24) is 4.90 Å². The van der Waals surface area contributed by atoms with Crippen LogP contribution in [0.4, 0.5) is 24.5 Å². The highest BCUT2D eigenvalue weighted by Crippen LogP contribution is 2.35. The van der Waals surface area contributed by atoms with Crippen LogP contribution in [-0.2, 0) is 25.8 Å². The number of fused-ring (bicyclic) bond motifs is 1. The third-order valence-corrected chi connectivity index (χ3v) is 7.02. The molecule has 34 heavy (non-hydrogen) atoms. The summed E-state index contributed by atoms with van der Waals surface area (Å²) in [5.41, 5.74) is -0.522. The maximum atomic E-state index is 13.1. The number of hydrogen-bond acceptors (Lipinski definition) is 5. The highest BCUT2D eigenvalue weighted by Gasteiger charge is 2.35. The molecule has 1 saturated heterocycles. The summed E-state index contributed by atoms with van der Waals surface area (Å²) in [6.45, 7) is 1.91. The highest BCUT2D eigenvalue weighted by molar-refractivity contribution is 7.90. The molecule has 2 N–H and O–H groups in total. The fraction of sp³-hybridized carbons (Fsp3) is 0.318.